The zero-order chi connectivity index (χ0) is 42.8. The summed E-state index contributed by atoms with van der Waals surface area (Å²) >= 11 is 0. The zero-order valence-corrected chi connectivity index (χ0v) is 23.4. The highest BCUT2D eigenvalue weighted by molar-refractivity contribution is 6.25. The highest BCUT2D eigenvalue weighted by atomic mass is 16.3. The molecule has 1 aromatic heterocycles. The maximum absolute atomic E-state index is 9.50. The van der Waals surface area contributed by atoms with E-state index in [0.717, 1.165) is 11.1 Å². The Morgan fingerprint density at radius 1 is 0.378 bits per heavy atom. The minimum Gasteiger partial charge on any atom is -0.456 e. The largest absolute Gasteiger partial charge is 0.456 e. The molecule has 0 radical (unpaired) electrons. The fourth-order valence-electron chi connectivity index (χ4n) is 6.08. The van der Waals surface area contributed by atoms with Crippen molar-refractivity contribution in [3.05, 3.63) is 169 Å². The first-order chi connectivity index (χ1) is 28.6. The Hall–Kier alpha value is -5.92. The minimum atomic E-state index is -0.720. The second-order valence-corrected chi connectivity index (χ2v) is 10.5. The van der Waals surface area contributed by atoms with Gasteiger partial charge >= 0.3 is 0 Å². The van der Waals surface area contributed by atoms with Gasteiger partial charge < -0.3 is 4.42 Å². The number of fused-ring (bicyclic) bond motifs is 5. The van der Waals surface area contributed by atoms with Crippen molar-refractivity contribution in [3.8, 4) is 44.5 Å². The first-order valence-corrected chi connectivity index (χ1v) is 14.2. The molecule has 0 N–H and O–H groups in total. The van der Waals surface area contributed by atoms with Crippen LogP contribution in [0, 0.1) is 0 Å². The summed E-state index contributed by atoms with van der Waals surface area (Å²) in [6.45, 7) is 0. The highest BCUT2D eigenvalue weighted by Gasteiger charge is 2.20. The van der Waals surface area contributed by atoms with Crippen molar-refractivity contribution < 1.29 is 25.0 Å². The van der Waals surface area contributed by atoms with Gasteiger partial charge in [-0.1, -0.05) is 139 Å². The maximum Gasteiger partial charge on any atom is 0.136 e. The van der Waals surface area contributed by atoms with E-state index in [-0.39, 0.29) is 49.0 Å². The quantitative estimate of drug-likeness (QED) is 0.187. The van der Waals surface area contributed by atoms with Gasteiger partial charge in [0, 0.05) is 10.8 Å². The molecule has 9 rings (SSSR count). The molecule has 0 saturated carbocycles. The summed E-state index contributed by atoms with van der Waals surface area (Å²) in [6.07, 6.45) is 0. The van der Waals surface area contributed by atoms with E-state index in [1.54, 1.807) is 12.1 Å². The van der Waals surface area contributed by atoms with Crippen molar-refractivity contribution in [1.29, 1.82) is 0 Å². The van der Waals surface area contributed by atoms with E-state index in [4.69, 9.17) is 18.1 Å². The molecule has 45 heavy (non-hydrogen) atoms. The molecule has 0 saturated heterocycles. The van der Waals surface area contributed by atoms with E-state index >= 15 is 0 Å². The van der Waals surface area contributed by atoms with Crippen LogP contribution in [0.4, 0.5) is 0 Å². The van der Waals surface area contributed by atoms with Crippen molar-refractivity contribution in [2.24, 2.45) is 0 Å². The van der Waals surface area contributed by atoms with Crippen molar-refractivity contribution in [3.63, 3.8) is 0 Å². The van der Waals surface area contributed by atoms with Crippen molar-refractivity contribution in [2.75, 3.05) is 0 Å². The van der Waals surface area contributed by atoms with Crippen LogP contribution in [0.2, 0.25) is 0 Å². The number of para-hydroxylation sites is 1. The Morgan fingerprint density at radius 2 is 0.844 bits per heavy atom. The monoisotopic (exact) mass is 587 g/mol. The summed E-state index contributed by atoms with van der Waals surface area (Å²) in [5.74, 6) is 0. The highest BCUT2D eigenvalue weighted by Crippen LogP contribution is 2.47. The summed E-state index contributed by atoms with van der Waals surface area (Å²) in [4.78, 5) is 0. The van der Waals surface area contributed by atoms with Crippen LogP contribution in [0.3, 0.4) is 0 Å². The molecule has 0 fully saturated rings. The standard InChI is InChI=1S/C44H28O/c1-3-14-29(15-4-1)31-26-32(30-16-5-2-6-17-30)28-33(27-31)42-34-18-7-9-20-36(34)43(37-21-10-8-19-35(37)42)39-23-13-25-41-44(39)38-22-11-12-24-40(38)45-41/h1-28H/i7D,8D,9D,10D,11D,12D,13D,18D,19D,20D,21D,22D,23D,24D,25D. The second kappa shape index (κ2) is 10.4. The van der Waals surface area contributed by atoms with Crippen LogP contribution in [0.25, 0.3) is 88.0 Å². The fraction of sp³-hybridized carbons (Fsp3) is 0. The summed E-state index contributed by atoms with van der Waals surface area (Å²) < 4.78 is 141. The third-order valence-corrected chi connectivity index (χ3v) is 8.01. The lowest BCUT2D eigenvalue weighted by molar-refractivity contribution is 0.669. The summed E-state index contributed by atoms with van der Waals surface area (Å²) in [5, 5.41) is -1.41. The van der Waals surface area contributed by atoms with Gasteiger partial charge in [-0.25, -0.2) is 0 Å². The van der Waals surface area contributed by atoms with Crippen LogP contribution in [0.15, 0.2) is 174 Å². The van der Waals surface area contributed by atoms with Gasteiger partial charge in [-0.15, -0.1) is 0 Å². The molecule has 0 aliphatic rings. The van der Waals surface area contributed by atoms with Crippen LogP contribution in [-0.2, 0) is 0 Å². The first-order valence-electron chi connectivity index (χ1n) is 21.7. The Morgan fingerprint density at radius 3 is 1.42 bits per heavy atom. The van der Waals surface area contributed by atoms with Crippen molar-refractivity contribution in [2.45, 2.75) is 0 Å². The molecule has 0 spiro atoms. The van der Waals surface area contributed by atoms with Gasteiger partial charge in [0.1, 0.15) is 11.2 Å². The minimum absolute atomic E-state index is 0.0441. The lowest BCUT2D eigenvalue weighted by atomic mass is 9.83. The number of benzene rings is 8. The van der Waals surface area contributed by atoms with E-state index in [1.165, 1.54) is 0 Å². The lowest BCUT2D eigenvalue weighted by Gasteiger charge is -2.19. The molecule has 0 aliphatic carbocycles. The normalized spacial score (nSPS) is 16.2. The molecule has 1 nitrogen and oxygen atoms in total. The first kappa shape index (κ1) is 14.7. The van der Waals surface area contributed by atoms with Crippen LogP contribution in [0.5, 0.6) is 0 Å². The van der Waals surface area contributed by atoms with Gasteiger partial charge in [0.15, 0.2) is 0 Å². The van der Waals surface area contributed by atoms with E-state index in [0.29, 0.717) is 16.7 Å². The number of rotatable bonds is 4. The smallest absolute Gasteiger partial charge is 0.136 e. The molecule has 1 heteroatoms. The third-order valence-electron chi connectivity index (χ3n) is 8.01. The Kier molecular flexibility index (Phi) is 3.39. The number of hydrogen-bond acceptors (Lipinski definition) is 1. The SMILES string of the molecule is [2H]c1c([2H])c([2H])c2c(oc3c([2H])c([2H])c([2H])c(-c4c5c([2H])c([2H])c([2H])c([2H])c5c(-c5cc(-c6ccccc6)cc(-c6ccccc6)c5)c5c([2H])c([2H])c([2H])c([2H])c45)c32)c1[2H]. The van der Waals surface area contributed by atoms with Gasteiger partial charge in [-0.2, -0.15) is 0 Å². The molecule has 0 unspecified atom stereocenters. The second-order valence-electron chi connectivity index (χ2n) is 10.5. The zero-order valence-electron chi connectivity index (χ0n) is 38.4. The lowest BCUT2D eigenvalue weighted by Crippen LogP contribution is -1.92. The molecule has 0 amide bonds. The Bertz CT molecular complexity index is 3220. The Balaban J connectivity index is 1.61. The van der Waals surface area contributed by atoms with Crippen LogP contribution < -0.4 is 0 Å². The summed E-state index contributed by atoms with van der Waals surface area (Å²) in [5.41, 5.74) is 1.87. The summed E-state index contributed by atoms with van der Waals surface area (Å²) in [7, 11) is 0. The van der Waals surface area contributed by atoms with Crippen LogP contribution in [-0.4, -0.2) is 0 Å². The van der Waals surface area contributed by atoms with Crippen molar-refractivity contribution in [1.82, 2.24) is 0 Å². The molecule has 0 bridgehead atoms. The molecule has 8 aromatic carbocycles. The number of furan rings is 1. The molecular formula is C44H28O. The van der Waals surface area contributed by atoms with Crippen molar-refractivity contribution >= 4 is 43.5 Å². The molecule has 1 heterocycles. The van der Waals surface area contributed by atoms with Gasteiger partial charge in [-0.05, 0) is 96.3 Å². The molecule has 0 atom stereocenters. The number of hydrogen-bond donors (Lipinski definition) is 0. The third kappa shape index (κ3) is 4.17. The molecular weight excluding hydrogens is 544 g/mol. The predicted octanol–water partition coefficient (Wildman–Crippen LogP) is 12.6. The average Bonchev–Trinajstić information content (AvgIpc) is 3.67. The van der Waals surface area contributed by atoms with E-state index in [9.17, 15) is 6.85 Å². The average molecular weight is 588 g/mol. The van der Waals surface area contributed by atoms with E-state index < -0.39 is 102 Å². The van der Waals surface area contributed by atoms with E-state index in [1.807, 2.05) is 66.7 Å². The van der Waals surface area contributed by atoms with Gasteiger partial charge in [0.05, 0.1) is 20.6 Å². The fourth-order valence-corrected chi connectivity index (χ4v) is 6.08. The Labute approximate surface area is 282 Å². The maximum atomic E-state index is 9.50. The molecule has 210 valence electrons. The topological polar surface area (TPSA) is 13.1 Å². The van der Waals surface area contributed by atoms with Crippen LogP contribution >= 0.6 is 0 Å². The predicted molar refractivity (Wildman–Crippen MR) is 190 cm³/mol. The van der Waals surface area contributed by atoms with Gasteiger partial charge in [-0.3, -0.25) is 0 Å². The summed E-state index contributed by atoms with van der Waals surface area (Å²) in [6, 6.07) is 14.6. The molecule has 0 aliphatic heterocycles. The van der Waals surface area contributed by atoms with Gasteiger partial charge in [0.2, 0.25) is 0 Å². The molecule has 9 aromatic rings. The van der Waals surface area contributed by atoms with Gasteiger partial charge in [0.25, 0.3) is 0 Å². The van der Waals surface area contributed by atoms with E-state index in [2.05, 4.69) is 0 Å². The van der Waals surface area contributed by atoms with Crippen LogP contribution in [0.1, 0.15) is 20.6 Å².